The number of benzene rings is 2. The monoisotopic (exact) mass is 353 g/mol. The second-order valence-corrected chi connectivity index (χ2v) is 7.88. The maximum atomic E-state index is 12.3. The zero-order valence-corrected chi connectivity index (χ0v) is 14.7. The summed E-state index contributed by atoms with van der Waals surface area (Å²) in [5.41, 5.74) is 3.44. The van der Waals surface area contributed by atoms with E-state index in [9.17, 15) is 8.42 Å². The third-order valence-electron chi connectivity index (χ3n) is 3.35. The van der Waals surface area contributed by atoms with E-state index in [0.717, 1.165) is 10.7 Å². The fourth-order valence-corrected chi connectivity index (χ4v) is 3.98. The van der Waals surface area contributed by atoms with Gasteiger partial charge in [-0.2, -0.15) is 8.42 Å². The third-order valence-corrected chi connectivity index (χ3v) is 5.71. The van der Waals surface area contributed by atoms with E-state index < -0.39 is 10.1 Å². The van der Waals surface area contributed by atoms with Gasteiger partial charge >= 0.3 is 10.1 Å². The van der Waals surface area contributed by atoms with E-state index in [2.05, 4.69) is 10.8 Å². The van der Waals surface area contributed by atoms with Gasteiger partial charge in [0.2, 0.25) is 0 Å². The predicted octanol–water partition coefficient (Wildman–Crippen LogP) is 2.91. The van der Waals surface area contributed by atoms with Crippen LogP contribution in [-0.2, 0) is 14.4 Å². The molecule has 6 heteroatoms. The van der Waals surface area contributed by atoms with Gasteiger partial charge in [-0.3, -0.25) is 4.28 Å². The molecule has 0 saturated carbocycles. The Morgan fingerprint density at radius 3 is 2.08 bits per heavy atom. The molecule has 3 rings (SSSR count). The molecule has 2 aromatic carbocycles. The van der Waals surface area contributed by atoms with Gasteiger partial charge in [-0.1, -0.05) is 77.6 Å². The topological polar surface area (TPSA) is 55.7 Å². The molecule has 3 aromatic rings. The molecule has 1 heterocycles. The molecule has 0 aliphatic carbocycles. The van der Waals surface area contributed by atoms with Gasteiger partial charge in [-0.25, -0.2) is 0 Å². The van der Waals surface area contributed by atoms with Gasteiger partial charge in [-0.15, -0.1) is 0 Å². The first-order chi connectivity index (χ1) is 11.7. The second-order valence-electron chi connectivity index (χ2n) is 5.01. The highest BCUT2D eigenvalue weighted by Gasteiger charge is 2.16. The Bertz CT molecular complexity index is 886. The van der Waals surface area contributed by atoms with Crippen LogP contribution < -0.4 is 0 Å². The summed E-state index contributed by atoms with van der Waals surface area (Å²) in [7, 11) is -4.06. The van der Waals surface area contributed by atoms with Crippen LogP contribution >= 0.6 is 0 Å². The van der Waals surface area contributed by atoms with E-state index in [1.165, 1.54) is 12.1 Å². The zero-order valence-electron chi connectivity index (χ0n) is 12.7. The summed E-state index contributed by atoms with van der Waals surface area (Å²) < 4.78 is 29.6. The van der Waals surface area contributed by atoms with Crippen molar-refractivity contribution in [3.8, 4) is 0 Å². The smallest absolute Gasteiger partial charge is 0.264 e. The quantitative estimate of drug-likeness (QED) is 0.403. The average Bonchev–Trinajstić information content (AvgIpc) is 2.64. The van der Waals surface area contributed by atoms with Crippen molar-refractivity contribution in [1.82, 2.24) is 0 Å². The van der Waals surface area contributed by atoms with Crippen molar-refractivity contribution in [1.29, 1.82) is 0 Å². The first-order valence-electron chi connectivity index (χ1n) is 7.34. The molecule has 0 amide bonds. The fraction of sp³-hybridized carbons (Fsp3) is 0. The summed E-state index contributed by atoms with van der Waals surface area (Å²) in [5.74, 6) is 0. The molecule has 0 saturated heterocycles. The average molecular weight is 353 g/mol. The van der Waals surface area contributed by atoms with Gasteiger partial charge in [0.05, 0.1) is 0 Å². The molecule has 24 heavy (non-hydrogen) atoms. The van der Waals surface area contributed by atoms with Crippen LogP contribution in [0.2, 0.25) is 0 Å². The largest absolute Gasteiger partial charge is 0.358 e. The highest BCUT2D eigenvalue weighted by atomic mass is 32.2. The van der Waals surface area contributed by atoms with E-state index >= 15 is 0 Å². The van der Waals surface area contributed by atoms with E-state index in [0.29, 0.717) is 5.71 Å². The van der Waals surface area contributed by atoms with Crippen molar-refractivity contribution in [2.24, 2.45) is 5.16 Å². The summed E-state index contributed by atoms with van der Waals surface area (Å²) in [6, 6.07) is 23.3. The Labute approximate surface area is 143 Å². The molecule has 4 nitrogen and oxygen atoms in total. The van der Waals surface area contributed by atoms with Crippen molar-refractivity contribution in [3.05, 3.63) is 95.3 Å². The molecule has 0 fully saturated rings. The van der Waals surface area contributed by atoms with Crippen LogP contribution in [0.15, 0.2) is 94.6 Å². The molecule has 0 spiro atoms. The van der Waals surface area contributed by atoms with E-state index in [1.54, 1.807) is 18.2 Å². The summed E-state index contributed by atoms with van der Waals surface area (Å²) in [5, 5.41) is 4.97. The Kier molecular flexibility index (Phi) is 4.98. The van der Waals surface area contributed by atoms with Gasteiger partial charge < -0.3 is 0 Å². The molecule has 0 radical (unpaired) electrons. The van der Waals surface area contributed by atoms with Crippen molar-refractivity contribution < 1.29 is 12.7 Å². The van der Waals surface area contributed by atoms with Crippen LogP contribution in [-0.4, -0.2) is 23.2 Å². The maximum absolute atomic E-state index is 12.3. The Balaban J connectivity index is 1.99. The molecule has 120 valence electrons. The molecular formula is C18H15NO3SSi. The van der Waals surface area contributed by atoms with Crippen molar-refractivity contribution in [2.45, 2.75) is 4.90 Å². The van der Waals surface area contributed by atoms with Crippen LogP contribution in [0.4, 0.5) is 0 Å². The standard InChI is InChI=1S/C18H15NO3SSi/c20-23(21,16-11-5-2-6-12-16)22-19-18(15-9-3-1-4-10-15)17-13-7-8-14-24-17/h1-14,24H/b19-18+. The predicted molar refractivity (Wildman–Crippen MR) is 96.0 cm³/mol. The molecule has 0 aliphatic heterocycles. The number of oxime groups is 1. The highest BCUT2D eigenvalue weighted by Crippen LogP contribution is 2.14. The van der Waals surface area contributed by atoms with Gasteiger partial charge in [-0.05, 0) is 17.3 Å². The minimum Gasteiger partial charge on any atom is -0.264 e. The Morgan fingerprint density at radius 2 is 1.46 bits per heavy atom. The third kappa shape index (κ3) is 3.84. The van der Waals surface area contributed by atoms with E-state index in [1.807, 2.05) is 48.5 Å². The summed E-state index contributed by atoms with van der Waals surface area (Å²) in [4.78, 5) is 0.0811. The van der Waals surface area contributed by atoms with E-state index in [-0.39, 0.29) is 14.0 Å². The van der Waals surface area contributed by atoms with Gasteiger partial charge in [0.1, 0.15) is 10.6 Å². The molecule has 0 unspecified atom stereocenters. The van der Waals surface area contributed by atoms with Crippen molar-refractivity contribution in [3.63, 3.8) is 0 Å². The van der Waals surface area contributed by atoms with Crippen molar-refractivity contribution in [2.75, 3.05) is 0 Å². The lowest BCUT2D eigenvalue weighted by molar-refractivity contribution is 0.339. The van der Waals surface area contributed by atoms with Gasteiger partial charge in [0.15, 0.2) is 0 Å². The SMILES string of the molecule is O=S(=O)(O/N=C(\c1ccccc1)c1cccc[siH]1)c1ccccc1. The molecular weight excluding hydrogens is 338 g/mol. The number of rotatable bonds is 5. The van der Waals surface area contributed by atoms with Gasteiger partial charge in [0.25, 0.3) is 0 Å². The lowest BCUT2D eigenvalue weighted by Gasteiger charge is -2.07. The minimum absolute atomic E-state index is 0.0811. The molecule has 0 bridgehead atoms. The first-order valence-corrected chi connectivity index (χ1v) is 9.99. The molecule has 1 aromatic heterocycles. The lowest BCUT2D eigenvalue weighted by atomic mass is 10.1. The zero-order chi connectivity index (χ0) is 16.8. The number of hydrogen-bond donors (Lipinski definition) is 0. The van der Waals surface area contributed by atoms with Gasteiger partial charge in [0, 0.05) is 14.7 Å². The Hall–Kier alpha value is -2.57. The van der Waals surface area contributed by atoms with Crippen LogP contribution in [0.5, 0.6) is 0 Å². The molecule has 0 atom stereocenters. The van der Waals surface area contributed by atoms with Crippen LogP contribution in [0.25, 0.3) is 0 Å². The molecule has 0 N–H and O–H groups in total. The summed E-state index contributed by atoms with van der Waals surface area (Å²) in [6.07, 6.45) is 0. The van der Waals surface area contributed by atoms with Crippen LogP contribution in [0, 0.1) is 0 Å². The molecule has 0 aliphatic rings. The van der Waals surface area contributed by atoms with E-state index in [4.69, 9.17) is 4.28 Å². The first kappa shape index (κ1) is 16.3. The highest BCUT2D eigenvalue weighted by molar-refractivity contribution is 7.86. The summed E-state index contributed by atoms with van der Waals surface area (Å²) in [6.45, 7) is 0. The lowest BCUT2D eigenvalue weighted by Crippen LogP contribution is -2.10. The maximum Gasteiger partial charge on any atom is 0.358 e. The normalized spacial score (nSPS) is 11.9. The Morgan fingerprint density at radius 1 is 0.833 bits per heavy atom. The number of nitrogens with zero attached hydrogens (tertiary/aromatic N) is 1. The fourth-order valence-electron chi connectivity index (χ4n) is 2.18. The number of hydrogen-bond acceptors (Lipinski definition) is 4. The minimum atomic E-state index is -3.94. The van der Waals surface area contributed by atoms with Crippen LogP contribution in [0.1, 0.15) is 10.7 Å². The van der Waals surface area contributed by atoms with Crippen molar-refractivity contribution >= 4 is 24.9 Å². The van der Waals surface area contributed by atoms with Crippen LogP contribution in [0.3, 0.4) is 0 Å². The second kappa shape index (κ2) is 7.33. The summed E-state index contributed by atoms with van der Waals surface area (Å²) >= 11 is 0.